The molecule has 0 amide bonds. The Morgan fingerprint density at radius 1 is 1.19 bits per heavy atom. The molecule has 0 radical (unpaired) electrons. The molecule has 0 unspecified atom stereocenters. The Morgan fingerprint density at radius 3 is 2.44 bits per heavy atom. The molecule has 0 bridgehead atoms. The van der Waals surface area contributed by atoms with Crippen LogP contribution < -0.4 is 0 Å². The van der Waals surface area contributed by atoms with E-state index in [9.17, 15) is 8.42 Å². The van der Waals surface area contributed by atoms with Crippen molar-refractivity contribution in [2.24, 2.45) is 0 Å². The first-order chi connectivity index (χ1) is 7.54. The van der Waals surface area contributed by atoms with Gasteiger partial charge in [0, 0.05) is 32.6 Å². The van der Waals surface area contributed by atoms with E-state index in [1.165, 1.54) is 4.31 Å². The predicted molar refractivity (Wildman–Crippen MR) is 70.6 cm³/mol. The molecule has 98 valence electrons. The summed E-state index contributed by atoms with van der Waals surface area (Å²) in [6.45, 7) is 1.11. The molecule has 0 aromatic heterocycles. The van der Waals surface area contributed by atoms with E-state index in [4.69, 9.17) is 4.74 Å². The van der Waals surface area contributed by atoms with Crippen molar-refractivity contribution in [3.05, 3.63) is 0 Å². The Hall–Kier alpha value is 0.350. The molecule has 0 aliphatic heterocycles. The first-order valence-electron chi connectivity index (χ1n) is 5.53. The first kappa shape index (κ1) is 16.4. The molecule has 0 N–H and O–H groups in total. The lowest BCUT2D eigenvalue weighted by molar-refractivity contribution is 0.199. The van der Waals surface area contributed by atoms with Crippen LogP contribution in [0, 0.1) is 0 Å². The van der Waals surface area contributed by atoms with Crippen molar-refractivity contribution in [3.8, 4) is 0 Å². The fourth-order valence-electron chi connectivity index (χ4n) is 1.29. The zero-order chi connectivity index (χ0) is 12.4. The minimum atomic E-state index is -3.08. The summed E-state index contributed by atoms with van der Waals surface area (Å²) in [5, 5.41) is 0.983. The van der Waals surface area contributed by atoms with Gasteiger partial charge in [0.1, 0.15) is 0 Å². The predicted octanol–water partition coefficient (Wildman–Crippen LogP) is 1.85. The van der Waals surface area contributed by atoms with Gasteiger partial charge < -0.3 is 4.74 Å². The van der Waals surface area contributed by atoms with Crippen LogP contribution in [0.4, 0.5) is 0 Å². The lowest BCUT2D eigenvalue weighted by Gasteiger charge is -2.16. The number of hydrogen-bond donors (Lipinski definition) is 0. The van der Waals surface area contributed by atoms with Gasteiger partial charge in [-0.25, -0.2) is 12.7 Å². The number of nitrogens with zero attached hydrogens (tertiary/aromatic N) is 1. The maximum absolute atomic E-state index is 11.7. The second-order valence-electron chi connectivity index (χ2n) is 3.73. The summed E-state index contributed by atoms with van der Waals surface area (Å²) in [5.74, 6) is 0.176. The van der Waals surface area contributed by atoms with Crippen LogP contribution in [0.3, 0.4) is 0 Å². The molecule has 16 heavy (non-hydrogen) atoms. The van der Waals surface area contributed by atoms with Crippen molar-refractivity contribution in [2.45, 2.75) is 25.7 Å². The summed E-state index contributed by atoms with van der Waals surface area (Å²) >= 11 is 3.35. The lowest BCUT2D eigenvalue weighted by atomic mass is 10.2. The van der Waals surface area contributed by atoms with Crippen molar-refractivity contribution < 1.29 is 13.2 Å². The fraction of sp³-hybridized carbons (Fsp3) is 1.00. The molecule has 0 saturated heterocycles. The van der Waals surface area contributed by atoms with Gasteiger partial charge in [-0.1, -0.05) is 22.4 Å². The van der Waals surface area contributed by atoms with Crippen molar-refractivity contribution in [1.29, 1.82) is 0 Å². The summed E-state index contributed by atoms with van der Waals surface area (Å²) in [6.07, 6.45) is 3.64. The minimum Gasteiger partial charge on any atom is -0.385 e. The maximum Gasteiger partial charge on any atom is 0.213 e. The highest BCUT2D eigenvalue weighted by Crippen LogP contribution is 2.05. The molecular weight excluding hydrogens is 294 g/mol. The van der Waals surface area contributed by atoms with Crippen LogP contribution in [0.1, 0.15) is 25.7 Å². The van der Waals surface area contributed by atoms with Crippen molar-refractivity contribution in [1.82, 2.24) is 4.31 Å². The van der Waals surface area contributed by atoms with Gasteiger partial charge in [-0.2, -0.15) is 0 Å². The molecule has 0 fully saturated rings. The number of ether oxygens (including phenoxy) is 1. The van der Waals surface area contributed by atoms with Gasteiger partial charge in [0.05, 0.1) is 5.75 Å². The molecule has 4 nitrogen and oxygen atoms in total. The highest BCUT2D eigenvalue weighted by atomic mass is 79.9. The summed E-state index contributed by atoms with van der Waals surface area (Å²) < 4.78 is 29.8. The van der Waals surface area contributed by atoms with Crippen LogP contribution >= 0.6 is 15.9 Å². The monoisotopic (exact) mass is 315 g/mol. The Labute approximate surface area is 108 Å². The third-order valence-electron chi connectivity index (χ3n) is 2.33. The highest BCUT2D eigenvalue weighted by Gasteiger charge is 2.16. The Morgan fingerprint density at radius 2 is 1.88 bits per heavy atom. The molecule has 0 rings (SSSR count). The number of hydrogen-bond acceptors (Lipinski definition) is 3. The maximum atomic E-state index is 11.7. The van der Waals surface area contributed by atoms with Crippen LogP contribution in [0.15, 0.2) is 0 Å². The van der Waals surface area contributed by atoms with Gasteiger partial charge in [0.25, 0.3) is 0 Å². The molecule has 0 saturated carbocycles. The molecule has 6 heteroatoms. The molecule has 0 aromatic carbocycles. The third kappa shape index (κ3) is 7.60. The molecular formula is C10H22BrNO3S. The Balaban J connectivity index is 3.81. The van der Waals surface area contributed by atoms with Gasteiger partial charge in [-0.15, -0.1) is 0 Å². The number of unbranched alkanes of at least 4 members (excludes halogenated alkanes) is 2. The summed E-state index contributed by atoms with van der Waals surface area (Å²) in [7, 11) is 0.151. The van der Waals surface area contributed by atoms with E-state index in [-0.39, 0.29) is 5.75 Å². The zero-order valence-corrected chi connectivity index (χ0v) is 12.5. The third-order valence-corrected chi connectivity index (χ3v) is 4.83. The standard InChI is InChI=1S/C10H22BrNO3S/c1-12(8-5-3-4-7-11)16(13,14)10-6-9-15-2/h3-10H2,1-2H3. The summed E-state index contributed by atoms with van der Waals surface area (Å²) in [4.78, 5) is 0. The van der Waals surface area contributed by atoms with Crippen LogP contribution in [-0.2, 0) is 14.8 Å². The van der Waals surface area contributed by atoms with Gasteiger partial charge in [-0.05, 0) is 19.3 Å². The Kier molecular flexibility index (Phi) is 9.59. The fourth-order valence-corrected chi connectivity index (χ4v) is 2.88. The second kappa shape index (κ2) is 9.39. The van der Waals surface area contributed by atoms with Crippen LogP contribution in [0.5, 0.6) is 0 Å². The number of sulfonamides is 1. The van der Waals surface area contributed by atoms with E-state index in [0.717, 1.165) is 24.6 Å². The number of alkyl halides is 1. The lowest BCUT2D eigenvalue weighted by Crippen LogP contribution is -2.30. The topological polar surface area (TPSA) is 46.6 Å². The SMILES string of the molecule is COCCCS(=O)(=O)N(C)CCCCCBr. The Bertz CT molecular complexity index is 257. The minimum absolute atomic E-state index is 0.176. The summed E-state index contributed by atoms with van der Waals surface area (Å²) in [6, 6.07) is 0. The highest BCUT2D eigenvalue weighted by molar-refractivity contribution is 9.09. The van der Waals surface area contributed by atoms with Crippen molar-refractivity contribution >= 4 is 26.0 Å². The van der Waals surface area contributed by atoms with Crippen LogP contribution in [0.2, 0.25) is 0 Å². The number of methoxy groups -OCH3 is 1. The van der Waals surface area contributed by atoms with Crippen molar-refractivity contribution in [3.63, 3.8) is 0 Å². The van der Waals surface area contributed by atoms with E-state index in [1.807, 2.05) is 0 Å². The van der Waals surface area contributed by atoms with Crippen LogP contribution in [0.25, 0.3) is 0 Å². The number of halogens is 1. The van der Waals surface area contributed by atoms with E-state index in [2.05, 4.69) is 15.9 Å². The largest absolute Gasteiger partial charge is 0.385 e. The van der Waals surface area contributed by atoms with Crippen LogP contribution in [-0.4, -0.2) is 51.1 Å². The molecule has 0 spiro atoms. The smallest absolute Gasteiger partial charge is 0.213 e. The number of rotatable bonds is 10. The quantitative estimate of drug-likeness (QED) is 0.456. The summed E-state index contributed by atoms with van der Waals surface area (Å²) in [5.41, 5.74) is 0. The first-order valence-corrected chi connectivity index (χ1v) is 8.26. The van der Waals surface area contributed by atoms with Gasteiger partial charge in [-0.3, -0.25) is 0 Å². The van der Waals surface area contributed by atoms with Gasteiger partial charge >= 0.3 is 0 Å². The molecule has 0 aliphatic carbocycles. The van der Waals surface area contributed by atoms with Gasteiger partial charge in [0.15, 0.2) is 0 Å². The second-order valence-corrected chi connectivity index (χ2v) is 6.72. The average Bonchev–Trinajstić information content (AvgIpc) is 2.24. The zero-order valence-electron chi connectivity index (χ0n) is 10.1. The van der Waals surface area contributed by atoms with Gasteiger partial charge in [0.2, 0.25) is 10.0 Å². The van der Waals surface area contributed by atoms with E-state index < -0.39 is 10.0 Å². The normalized spacial score (nSPS) is 12.2. The van der Waals surface area contributed by atoms with Crippen molar-refractivity contribution in [2.75, 3.05) is 38.4 Å². The molecule has 0 heterocycles. The molecule has 0 aromatic rings. The van der Waals surface area contributed by atoms with E-state index in [1.54, 1.807) is 14.2 Å². The van der Waals surface area contributed by atoms with E-state index in [0.29, 0.717) is 19.6 Å². The molecule has 0 aliphatic rings. The average molecular weight is 316 g/mol. The van der Waals surface area contributed by atoms with E-state index >= 15 is 0 Å². The molecule has 0 atom stereocenters.